The summed E-state index contributed by atoms with van der Waals surface area (Å²) in [5.41, 5.74) is 2.49. The highest BCUT2D eigenvalue weighted by atomic mass is 35.5. The van der Waals surface area contributed by atoms with Crippen molar-refractivity contribution in [1.82, 2.24) is 14.8 Å². The maximum absolute atomic E-state index is 9.10. The molecule has 0 radical (unpaired) electrons. The summed E-state index contributed by atoms with van der Waals surface area (Å²) < 4.78 is 0. The van der Waals surface area contributed by atoms with E-state index < -0.39 is 11.9 Å². The van der Waals surface area contributed by atoms with Crippen LogP contribution in [0, 0.1) is 0 Å². The lowest BCUT2D eigenvalue weighted by molar-refractivity contribution is -0.159. The number of rotatable bonds is 4. The molecule has 0 bridgehead atoms. The number of pyridine rings is 1. The zero-order valence-corrected chi connectivity index (χ0v) is 15.5. The molecular weight excluding hydrogens is 370 g/mol. The highest BCUT2D eigenvalue weighted by molar-refractivity contribution is 6.30. The van der Waals surface area contributed by atoms with Gasteiger partial charge in [0.2, 0.25) is 0 Å². The highest BCUT2D eigenvalue weighted by Crippen LogP contribution is 2.13. The molecule has 2 heterocycles. The third-order valence-corrected chi connectivity index (χ3v) is 4.33. The van der Waals surface area contributed by atoms with Crippen LogP contribution in [0.4, 0.5) is 0 Å². The van der Waals surface area contributed by atoms with Gasteiger partial charge < -0.3 is 10.2 Å². The third-order valence-electron chi connectivity index (χ3n) is 4.08. The first-order valence-electron chi connectivity index (χ1n) is 8.49. The van der Waals surface area contributed by atoms with Crippen molar-refractivity contribution in [3.63, 3.8) is 0 Å². The van der Waals surface area contributed by atoms with Crippen molar-refractivity contribution in [1.29, 1.82) is 0 Å². The SMILES string of the molecule is Clc1ccc(CN2CCN(Cc3ccccn3)CC2)cc1.O=C(O)C(=O)O. The molecule has 144 valence electrons. The number of nitrogens with zero attached hydrogens (tertiary/aromatic N) is 3. The average Bonchev–Trinajstić information content (AvgIpc) is 2.66. The van der Waals surface area contributed by atoms with Gasteiger partial charge in [-0.1, -0.05) is 29.8 Å². The summed E-state index contributed by atoms with van der Waals surface area (Å²) in [7, 11) is 0. The van der Waals surface area contributed by atoms with Crippen molar-refractivity contribution < 1.29 is 19.8 Å². The molecule has 3 rings (SSSR count). The van der Waals surface area contributed by atoms with E-state index >= 15 is 0 Å². The number of benzene rings is 1. The van der Waals surface area contributed by atoms with Gasteiger partial charge in [-0.2, -0.15) is 0 Å². The molecule has 2 aromatic rings. The molecule has 1 saturated heterocycles. The second-order valence-electron chi connectivity index (χ2n) is 6.11. The van der Waals surface area contributed by atoms with Crippen LogP contribution in [0.3, 0.4) is 0 Å². The van der Waals surface area contributed by atoms with E-state index in [4.69, 9.17) is 31.4 Å². The van der Waals surface area contributed by atoms with E-state index in [1.165, 1.54) is 5.56 Å². The molecule has 8 heteroatoms. The van der Waals surface area contributed by atoms with Crippen molar-refractivity contribution in [2.75, 3.05) is 26.2 Å². The molecule has 1 aromatic carbocycles. The molecule has 0 unspecified atom stereocenters. The lowest BCUT2D eigenvalue weighted by Gasteiger charge is -2.34. The van der Waals surface area contributed by atoms with E-state index in [9.17, 15) is 0 Å². The van der Waals surface area contributed by atoms with Crippen molar-refractivity contribution in [2.24, 2.45) is 0 Å². The summed E-state index contributed by atoms with van der Waals surface area (Å²) in [5.74, 6) is -3.65. The predicted octanol–water partition coefficient (Wildman–Crippen LogP) is 2.21. The normalized spacial score (nSPS) is 14.9. The molecule has 0 saturated carbocycles. The Hall–Kier alpha value is -2.48. The molecule has 7 nitrogen and oxygen atoms in total. The maximum Gasteiger partial charge on any atom is 0.414 e. The molecule has 27 heavy (non-hydrogen) atoms. The molecule has 1 fully saturated rings. The number of hydrogen-bond donors (Lipinski definition) is 2. The summed E-state index contributed by atoms with van der Waals surface area (Å²) in [4.78, 5) is 27.6. The van der Waals surface area contributed by atoms with Gasteiger partial charge in [-0.15, -0.1) is 0 Å². The Morgan fingerprint density at radius 1 is 0.889 bits per heavy atom. The molecule has 2 N–H and O–H groups in total. The maximum atomic E-state index is 9.10. The number of carboxylic acids is 2. The van der Waals surface area contributed by atoms with Gasteiger partial charge in [0.25, 0.3) is 0 Å². The van der Waals surface area contributed by atoms with Crippen molar-refractivity contribution >= 4 is 23.5 Å². The fraction of sp³-hybridized carbons (Fsp3) is 0.316. The third kappa shape index (κ3) is 7.74. The van der Waals surface area contributed by atoms with E-state index in [1.807, 2.05) is 24.4 Å². The largest absolute Gasteiger partial charge is 0.473 e. The standard InChI is InChI=1S/C17H20ClN3.C2H2O4/c18-16-6-4-15(5-7-16)13-20-9-11-21(12-10-20)14-17-3-1-2-8-19-17;3-1(4)2(5)6/h1-8H,9-14H2;(H,3,4)(H,5,6). The van der Waals surface area contributed by atoms with E-state index in [1.54, 1.807) is 0 Å². The summed E-state index contributed by atoms with van der Waals surface area (Å²) in [6.07, 6.45) is 1.87. The van der Waals surface area contributed by atoms with Gasteiger partial charge in [-0.3, -0.25) is 14.8 Å². The Morgan fingerprint density at radius 2 is 1.44 bits per heavy atom. The van der Waals surface area contributed by atoms with Crippen LogP contribution in [0.1, 0.15) is 11.3 Å². The second kappa shape index (κ2) is 10.6. The van der Waals surface area contributed by atoms with Crippen LogP contribution in [0.25, 0.3) is 0 Å². The molecule has 0 spiro atoms. The molecule has 0 atom stereocenters. The van der Waals surface area contributed by atoms with Crippen LogP contribution >= 0.6 is 11.6 Å². The monoisotopic (exact) mass is 391 g/mol. The first kappa shape index (κ1) is 20.8. The minimum absolute atomic E-state index is 0.805. The number of piperazine rings is 1. The minimum atomic E-state index is -1.82. The fourth-order valence-corrected chi connectivity index (χ4v) is 2.80. The van der Waals surface area contributed by atoms with Gasteiger partial charge in [0.1, 0.15) is 0 Å². The van der Waals surface area contributed by atoms with E-state index in [-0.39, 0.29) is 0 Å². The molecule has 0 amide bonds. The average molecular weight is 392 g/mol. The summed E-state index contributed by atoms with van der Waals surface area (Å²) in [6.45, 7) is 6.38. The van der Waals surface area contributed by atoms with Crippen LogP contribution in [0.15, 0.2) is 48.7 Å². The van der Waals surface area contributed by atoms with Gasteiger partial charge in [-0.25, -0.2) is 9.59 Å². The van der Waals surface area contributed by atoms with Crippen LogP contribution in [-0.4, -0.2) is 63.1 Å². The smallest absolute Gasteiger partial charge is 0.414 e. The van der Waals surface area contributed by atoms with E-state index in [2.05, 4.69) is 39.0 Å². The Morgan fingerprint density at radius 3 is 1.93 bits per heavy atom. The lowest BCUT2D eigenvalue weighted by Crippen LogP contribution is -2.45. The summed E-state index contributed by atoms with van der Waals surface area (Å²) in [6, 6.07) is 14.3. The molecule has 1 aliphatic heterocycles. The second-order valence-corrected chi connectivity index (χ2v) is 6.55. The zero-order chi connectivity index (χ0) is 19.6. The predicted molar refractivity (Wildman–Crippen MR) is 102 cm³/mol. The first-order valence-corrected chi connectivity index (χ1v) is 8.87. The highest BCUT2D eigenvalue weighted by Gasteiger charge is 2.17. The molecule has 1 aliphatic rings. The van der Waals surface area contributed by atoms with Gasteiger partial charge in [-0.05, 0) is 29.8 Å². The summed E-state index contributed by atoms with van der Waals surface area (Å²) in [5, 5.41) is 15.6. The lowest BCUT2D eigenvalue weighted by atomic mass is 10.2. The Kier molecular flexibility index (Phi) is 8.19. The van der Waals surface area contributed by atoms with Crippen molar-refractivity contribution in [3.8, 4) is 0 Å². The number of halogens is 1. The molecular formula is C19H22ClN3O4. The van der Waals surface area contributed by atoms with E-state index in [0.29, 0.717) is 0 Å². The first-order chi connectivity index (χ1) is 12.9. The van der Waals surface area contributed by atoms with Gasteiger partial charge in [0.15, 0.2) is 0 Å². The number of carboxylic acid groups (broad SMARTS) is 2. The number of carbonyl (C=O) groups is 2. The molecule has 1 aromatic heterocycles. The quantitative estimate of drug-likeness (QED) is 0.771. The molecule has 0 aliphatic carbocycles. The number of hydrogen-bond acceptors (Lipinski definition) is 5. The van der Waals surface area contributed by atoms with Gasteiger partial charge in [0.05, 0.1) is 5.69 Å². The zero-order valence-electron chi connectivity index (χ0n) is 14.8. The Balaban J connectivity index is 0.000000380. The number of aromatic nitrogens is 1. The minimum Gasteiger partial charge on any atom is -0.473 e. The number of aliphatic carboxylic acids is 2. The fourth-order valence-electron chi connectivity index (χ4n) is 2.67. The van der Waals surface area contributed by atoms with E-state index in [0.717, 1.165) is 50.0 Å². The van der Waals surface area contributed by atoms with Crippen LogP contribution < -0.4 is 0 Å². The Labute approximate surface area is 162 Å². The van der Waals surface area contributed by atoms with Gasteiger partial charge in [0, 0.05) is 50.5 Å². The van der Waals surface area contributed by atoms with Crippen LogP contribution in [0.2, 0.25) is 5.02 Å². The van der Waals surface area contributed by atoms with Gasteiger partial charge >= 0.3 is 11.9 Å². The topological polar surface area (TPSA) is 94.0 Å². The van der Waals surface area contributed by atoms with Crippen LogP contribution in [0.5, 0.6) is 0 Å². The summed E-state index contributed by atoms with van der Waals surface area (Å²) >= 11 is 5.92. The Bertz CT molecular complexity index is 720. The van der Waals surface area contributed by atoms with Crippen LogP contribution in [-0.2, 0) is 22.7 Å². The van der Waals surface area contributed by atoms with Crippen molar-refractivity contribution in [3.05, 3.63) is 64.9 Å². The van der Waals surface area contributed by atoms with Crippen molar-refractivity contribution in [2.45, 2.75) is 13.1 Å².